The van der Waals surface area contributed by atoms with Crippen LogP contribution in [0.5, 0.6) is 11.5 Å². The summed E-state index contributed by atoms with van der Waals surface area (Å²) < 4.78 is 0.517. The molecule has 4 heterocycles. The molecule has 17 heteroatoms. The third-order valence-electron chi connectivity index (χ3n) is 9.29. The van der Waals surface area contributed by atoms with Crippen molar-refractivity contribution in [2.24, 2.45) is 17.0 Å². The molecule has 6 N–H and O–H groups in total. The Bertz CT molecular complexity index is 1780. The Morgan fingerprint density at radius 3 is 2.49 bits per heavy atom. The number of aliphatic carboxylic acids is 1. The predicted molar refractivity (Wildman–Crippen MR) is 195 cm³/mol. The van der Waals surface area contributed by atoms with Gasteiger partial charge in [-0.1, -0.05) is 30.6 Å². The summed E-state index contributed by atoms with van der Waals surface area (Å²) in [6.45, 7) is 11.7. The first-order chi connectivity index (χ1) is 23.9. The standard InChI is InChI=1S/C34H43ClN6O8S2/c1-17(2)21(37-29(45)19-8-9-23(42)28(44)25(19)35)14-41(10-6-7-11-41)13-18-15-50-31-20(30(46)40(31)27(18)32(47)48)12-24(43)26(39-49-34(3,4)5)22-16-51-33(36)38-22/h8-9,16-17,20-21,31H,6-7,10-15H2,1-5H3,(H5-,36,37,38,39,42,43,44,45,47,48)/p+1/t20-,21-,31-/m1/s1. The van der Waals surface area contributed by atoms with Crippen LogP contribution in [0.25, 0.3) is 0 Å². The van der Waals surface area contributed by atoms with Gasteiger partial charge in [-0.3, -0.25) is 19.3 Å². The number of fused-ring (bicyclic) bond motifs is 1. The first kappa shape index (κ1) is 38.4. The van der Waals surface area contributed by atoms with Crippen LogP contribution in [-0.2, 0) is 19.2 Å². The Labute approximate surface area is 309 Å². The summed E-state index contributed by atoms with van der Waals surface area (Å²) in [4.78, 5) is 64.3. The number of thioether (sulfide) groups is 1. The number of amides is 2. The zero-order valence-corrected chi connectivity index (χ0v) is 31.5. The van der Waals surface area contributed by atoms with Gasteiger partial charge in [0.15, 0.2) is 28.1 Å². The molecule has 0 radical (unpaired) electrons. The van der Waals surface area contributed by atoms with Gasteiger partial charge < -0.3 is 35.7 Å². The third kappa shape index (κ3) is 8.29. The van der Waals surface area contributed by atoms with Gasteiger partial charge >= 0.3 is 5.97 Å². The molecule has 3 aliphatic heterocycles. The Kier molecular flexibility index (Phi) is 11.3. The number of carbonyl (C=O) groups excluding carboxylic acids is 3. The second kappa shape index (κ2) is 15.0. The van der Waals surface area contributed by atoms with Crippen molar-refractivity contribution in [3.05, 3.63) is 45.1 Å². The van der Waals surface area contributed by atoms with Crippen LogP contribution >= 0.6 is 34.7 Å². The van der Waals surface area contributed by atoms with Gasteiger partial charge in [-0.05, 0) is 38.8 Å². The number of halogens is 1. The summed E-state index contributed by atoms with van der Waals surface area (Å²) in [6, 6.07) is 2.20. The number of rotatable bonds is 13. The molecule has 3 atom stereocenters. The Balaban J connectivity index is 1.35. The van der Waals surface area contributed by atoms with E-state index in [-0.39, 0.29) is 51.2 Å². The molecule has 0 saturated carbocycles. The van der Waals surface area contributed by atoms with Crippen molar-refractivity contribution in [3.63, 3.8) is 0 Å². The number of β-lactam (4-membered cyclic amide) rings is 1. The number of aromatic nitrogens is 1. The fourth-order valence-electron chi connectivity index (χ4n) is 6.69. The van der Waals surface area contributed by atoms with Crippen molar-refractivity contribution < 1.29 is 43.8 Å². The number of quaternary nitrogens is 1. The zero-order chi connectivity index (χ0) is 37.4. The lowest BCUT2D eigenvalue weighted by Crippen LogP contribution is -2.63. The van der Waals surface area contributed by atoms with Gasteiger partial charge in [0.05, 0.1) is 47.6 Å². The van der Waals surface area contributed by atoms with Crippen LogP contribution in [0.15, 0.2) is 33.9 Å². The van der Waals surface area contributed by atoms with Gasteiger partial charge in [0.25, 0.3) is 5.91 Å². The van der Waals surface area contributed by atoms with Gasteiger partial charge in [-0.2, -0.15) is 0 Å². The quantitative estimate of drug-likeness (QED) is 0.0643. The summed E-state index contributed by atoms with van der Waals surface area (Å²) in [7, 11) is 0. The monoisotopic (exact) mass is 763 g/mol. The number of phenols is 2. The number of benzene rings is 1. The molecule has 2 fully saturated rings. The molecule has 2 saturated heterocycles. The lowest BCUT2D eigenvalue weighted by Gasteiger charge is -2.50. The smallest absolute Gasteiger partial charge is 0.352 e. The van der Waals surface area contributed by atoms with Gasteiger partial charge in [-0.15, -0.1) is 23.1 Å². The molecule has 14 nitrogen and oxygen atoms in total. The Morgan fingerprint density at radius 1 is 1.22 bits per heavy atom. The summed E-state index contributed by atoms with van der Waals surface area (Å²) in [5, 5.41) is 38.5. The van der Waals surface area contributed by atoms with Crippen LogP contribution in [-0.4, -0.2) is 108 Å². The second-order valence-corrected chi connectivity index (χ2v) is 16.9. The highest BCUT2D eigenvalue weighted by Gasteiger charge is 2.55. The highest BCUT2D eigenvalue weighted by Crippen LogP contribution is 2.46. The first-order valence-electron chi connectivity index (χ1n) is 16.7. The largest absolute Gasteiger partial charge is 0.504 e. The van der Waals surface area contributed by atoms with Crippen molar-refractivity contribution in [2.75, 3.05) is 37.7 Å². The molecule has 0 unspecified atom stereocenters. The molecule has 51 heavy (non-hydrogen) atoms. The Morgan fingerprint density at radius 2 is 1.90 bits per heavy atom. The zero-order valence-electron chi connectivity index (χ0n) is 29.1. The van der Waals surface area contributed by atoms with Gasteiger partial charge in [0.2, 0.25) is 5.91 Å². The van der Waals surface area contributed by atoms with Crippen LogP contribution in [0, 0.1) is 11.8 Å². The number of nitrogens with two attached hydrogens (primary N) is 1. The SMILES string of the molecule is CC(C)[C@@H](C[N+]1(CC2=C(C(=O)O)N3C(=O)[C@@H](CC(=O)/C(=N/OC(C)(C)C)c4csc(N)n4)[C@H]3SC2)CCCC1)NC(=O)c1ccc(O)c(O)c1Cl. The number of hydrogen-bond donors (Lipinski definition) is 5. The number of ketones is 1. The minimum Gasteiger partial charge on any atom is -0.504 e. The number of likely N-dealkylation sites (tertiary alicyclic amines) is 1. The summed E-state index contributed by atoms with van der Waals surface area (Å²) in [5.41, 5.74) is 5.93. The van der Waals surface area contributed by atoms with Crippen LogP contribution in [0.1, 0.15) is 69.9 Å². The third-order valence-corrected chi connectivity index (χ3v) is 11.7. The number of nitrogens with zero attached hydrogens (tertiary/aromatic N) is 4. The minimum absolute atomic E-state index is 0.00900. The van der Waals surface area contributed by atoms with E-state index in [9.17, 15) is 34.5 Å². The van der Waals surface area contributed by atoms with Crippen LogP contribution in [0.4, 0.5) is 5.13 Å². The van der Waals surface area contributed by atoms with Crippen molar-refractivity contribution in [1.29, 1.82) is 0 Å². The lowest BCUT2D eigenvalue weighted by molar-refractivity contribution is -0.913. The molecule has 276 valence electrons. The van der Waals surface area contributed by atoms with Crippen molar-refractivity contribution in [3.8, 4) is 11.5 Å². The number of anilines is 1. The maximum atomic E-state index is 13.6. The van der Waals surface area contributed by atoms with Crippen LogP contribution in [0.3, 0.4) is 0 Å². The van der Waals surface area contributed by atoms with Crippen molar-refractivity contribution in [1.82, 2.24) is 15.2 Å². The number of aromatic hydroxyl groups is 2. The summed E-state index contributed by atoms with van der Waals surface area (Å²) >= 11 is 8.76. The summed E-state index contributed by atoms with van der Waals surface area (Å²) in [6.07, 6.45) is 1.64. The highest BCUT2D eigenvalue weighted by molar-refractivity contribution is 8.00. The second-order valence-electron chi connectivity index (χ2n) is 14.6. The van der Waals surface area contributed by atoms with E-state index in [0.717, 1.165) is 37.3 Å². The molecule has 1 aromatic heterocycles. The minimum atomic E-state index is -1.21. The lowest BCUT2D eigenvalue weighted by atomic mass is 9.89. The first-order valence-corrected chi connectivity index (χ1v) is 19.0. The maximum Gasteiger partial charge on any atom is 0.352 e. The number of carbonyl (C=O) groups is 4. The molecule has 2 aromatic rings. The molecule has 0 spiro atoms. The van der Waals surface area contributed by atoms with E-state index in [1.54, 1.807) is 26.2 Å². The number of carboxylic acid groups (broad SMARTS) is 1. The molecular weight excluding hydrogens is 720 g/mol. The number of carboxylic acids is 1. The van der Waals surface area contributed by atoms with Gasteiger partial charge in [-0.25, -0.2) is 9.78 Å². The number of oxime groups is 1. The molecule has 0 bridgehead atoms. The van der Waals surface area contributed by atoms with Gasteiger partial charge in [0, 0.05) is 36.0 Å². The maximum absolute atomic E-state index is 13.6. The fraction of sp³-hybridized carbons (Fsp3) is 0.529. The number of nitrogen functional groups attached to an aromatic ring is 1. The van der Waals surface area contributed by atoms with E-state index >= 15 is 0 Å². The van der Waals surface area contributed by atoms with E-state index in [1.807, 2.05) is 13.8 Å². The van der Waals surface area contributed by atoms with Crippen molar-refractivity contribution in [2.45, 2.75) is 70.9 Å². The summed E-state index contributed by atoms with van der Waals surface area (Å²) in [5.74, 6) is -4.02. The van der Waals surface area contributed by atoms with E-state index in [1.165, 1.54) is 28.8 Å². The molecule has 5 rings (SSSR count). The molecule has 1 aromatic carbocycles. The van der Waals surface area contributed by atoms with Crippen molar-refractivity contribution >= 4 is 69.1 Å². The average Bonchev–Trinajstić information content (AvgIpc) is 3.70. The van der Waals surface area contributed by atoms with E-state index in [4.69, 9.17) is 22.2 Å². The molecule has 2 amide bonds. The van der Waals surface area contributed by atoms with E-state index in [2.05, 4.69) is 15.5 Å². The van der Waals surface area contributed by atoms with Crippen LogP contribution in [0.2, 0.25) is 5.02 Å². The van der Waals surface area contributed by atoms with Crippen LogP contribution < -0.4 is 11.1 Å². The Hall–Kier alpha value is -3.86. The fourth-order valence-corrected chi connectivity index (χ4v) is 8.88. The normalized spacial score (nSPS) is 21.0. The number of hydrogen-bond acceptors (Lipinski definition) is 12. The highest BCUT2D eigenvalue weighted by atomic mass is 35.5. The average molecular weight is 764 g/mol. The number of thiazole rings is 1. The predicted octanol–water partition coefficient (Wildman–Crippen LogP) is 4.20. The van der Waals surface area contributed by atoms with Gasteiger partial charge in [0.1, 0.15) is 23.5 Å². The van der Waals surface area contributed by atoms with E-state index < -0.39 is 52.0 Å². The molecule has 0 aliphatic carbocycles. The topological polar surface area (TPSA) is 205 Å². The molecule has 3 aliphatic rings. The number of nitrogens with one attached hydrogen (secondary N) is 1. The number of Topliss-reactive ketones (excluding diaryl/α,β-unsaturated/α-hetero) is 1. The van der Waals surface area contributed by atoms with E-state index in [0.29, 0.717) is 28.9 Å². The molecular formula is C34H44ClN6O8S2+. The number of phenolic OH excluding ortho intramolecular Hbond substituents is 2.